The van der Waals surface area contributed by atoms with E-state index in [0.717, 1.165) is 5.56 Å². The summed E-state index contributed by atoms with van der Waals surface area (Å²) in [6.45, 7) is 0. The highest BCUT2D eigenvalue weighted by atomic mass is 32.2. The highest BCUT2D eigenvalue weighted by Crippen LogP contribution is 2.21. The van der Waals surface area contributed by atoms with Crippen molar-refractivity contribution in [2.45, 2.75) is 5.75 Å². The van der Waals surface area contributed by atoms with Gasteiger partial charge in [-0.2, -0.15) is 10.4 Å². The number of ether oxygens (including phenoxy) is 1. The molecule has 0 unspecified atom stereocenters. The molecule has 0 bridgehead atoms. The van der Waals surface area contributed by atoms with Gasteiger partial charge in [0, 0.05) is 5.75 Å². The lowest BCUT2D eigenvalue weighted by Gasteiger charge is -2.05. The normalized spacial score (nSPS) is 10.9. The van der Waals surface area contributed by atoms with Crippen LogP contribution in [0.25, 0.3) is 0 Å². The summed E-state index contributed by atoms with van der Waals surface area (Å²) in [6, 6.07) is 7.45. The number of thioether (sulfide) groups is 1. The molecule has 0 saturated heterocycles. The van der Waals surface area contributed by atoms with Crippen molar-refractivity contribution in [1.29, 1.82) is 5.26 Å². The first-order chi connectivity index (χ1) is 7.71. The van der Waals surface area contributed by atoms with Crippen LogP contribution in [-0.2, 0) is 5.75 Å². The first kappa shape index (κ1) is 12.2. The lowest BCUT2D eigenvalue weighted by Crippen LogP contribution is -2.09. The van der Waals surface area contributed by atoms with E-state index in [-0.39, 0.29) is 0 Å². The zero-order chi connectivity index (χ0) is 12.0. The molecule has 0 fully saturated rings. The molecule has 5 nitrogen and oxygen atoms in total. The summed E-state index contributed by atoms with van der Waals surface area (Å²) in [6.07, 6.45) is 0. The average molecular weight is 236 g/mol. The minimum atomic E-state index is 0.314. The van der Waals surface area contributed by atoms with Crippen LogP contribution in [0.5, 0.6) is 5.75 Å². The fourth-order valence-corrected chi connectivity index (χ4v) is 1.70. The molecule has 4 N–H and O–H groups in total. The molecule has 0 heterocycles. The topological polar surface area (TPSA) is 97.4 Å². The Hall–Kier alpha value is -1.87. The molecule has 84 valence electrons. The van der Waals surface area contributed by atoms with Gasteiger partial charge >= 0.3 is 0 Å². The van der Waals surface area contributed by atoms with Gasteiger partial charge in [0.25, 0.3) is 0 Å². The predicted octanol–water partition coefficient (Wildman–Crippen LogP) is 0.988. The zero-order valence-electron chi connectivity index (χ0n) is 8.80. The molecule has 0 aliphatic carbocycles. The Labute approximate surface area is 98.1 Å². The molecule has 0 spiro atoms. The number of nitrogens with zero attached hydrogens (tertiary/aromatic N) is 2. The molecule has 0 atom stereocenters. The van der Waals surface area contributed by atoms with Crippen LogP contribution in [-0.4, -0.2) is 12.3 Å². The summed E-state index contributed by atoms with van der Waals surface area (Å²) < 4.78 is 5.04. The molecule has 0 radical (unpaired) electrons. The van der Waals surface area contributed by atoms with Gasteiger partial charge in [-0.1, -0.05) is 17.8 Å². The zero-order valence-corrected chi connectivity index (χ0v) is 9.62. The number of nitrogens with two attached hydrogens (primary N) is 2. The summed E-state index contributed by atoms with van der Waals surface area (Å²) in [5, 5.41) is 12.6. The van der Waals surface area contributed by atoms with Crippen molar-refractivity contribution < 1.29 is 4.74 Å². The Morgan fingerprint density at radius 1 is 1.62 bits per heavy atom. The predicted molar refractivity (Wildman–Crippen MR) is 64.8 cm³/mol. The molecule has 0 amide bonds. The van der Waals surface area contributed by atoms with Gasteiger partial charge in [0.1, 0.15) is 11.8 Å². The monoisotopic (exact) mass is 236 g/mol. The number of methoxy groups -OCH3 is 1. The van der Waals surface area contributed by atoms with Crippen molar-refractivity contribution >= 4 is 16.9 Å². The van der Waals surface area contributed by atoms with Gasteiger partial charge in [0.05, 0.1) is 12.7 Å². The van der Waals surface area contributed by atoms with Crippen LogP contribution in [0.4, 0.5) is 0 Å². The third-order valence-corrected chi connectivity index (χ3v) is 2.78. The van der Waals surface area contributed by atoms with Crippen molar-refractivity contribution in [2.75, 3.05) is 7.11 Å². The molecule has 0 aromatic heterocycles. The molecule has 1 aromatic carbocycles. The largest absolute Gasteiger partial charge is 0.495 e. The number of rotatable bonds is 3. The Bertz CT molecular complexity index is 439. The smallest absolute Gasteiger partial charge is 0.177 e. The van der Waals surface area contributed by atoms with E-state index in [2.05, 4.69) is 11.2 Å². The first-order valence-corrected chi connectivity index (χ1v) is 5.43. The molecule has 1 rings (SSSR count). The number of amidine groups is 1. The quantitative estimate of drug-likeness (QED) is 0.353. The summed E-state index contributed by atoms with van der Waals surface area (Å²) >= 11 is 1.31. The lowest BCUT2D eigenvalue weighted by molar-refractivity contribution is 0.413. The third kappa shape index (κ3) is 3.07. The van der Waals surface area contributed by atoms with E-state index >= 15 is 0 Å². The highest BCUT2D eigenvalue weighted by Gasteiger charge is 2.04. The maximum atomic E-state index is 8.89. The average Bonchev–Trinajstić information content (AvgIpc) is 2.35. The standard InChI is InChI=1S/C10H12N4OS/c1-15-9-3-2-7(4-8(9)5-11)6-16-10(12)14-13/h2-4H,6,13H2,1H3,(H2,12,14). The van der Waals surface area contributed by atoms with Crippen LogP contribution in [0, 0.1) is 11.3 Å². The van der Waals surface area contributed by atoms with E-state index in [1.165, 1.54) is 18.9 Å². The molecule has 6 heteroatoms. The molecule has 0 aliphatic heterocycles. The Morgan fingerprint density at radius 3 is 2.94 bits per heavy atom. The number of hydrogen-bond donors (Lipinski definition) is 2. The second kappa shape index (κ2) is 5.88. The minimum absolute atomic E-state index is 0.314. The van der Waals surface area contributed by atoms with Crippen LogP contribution in [0.2, 0.25) is 0 Å². The maximum Gasteiger partial charge on any atom is 0.177 e. The van der Waals surface area contributed by atoms with Crippen molar-refractivity contribution in [3.8, 4) is 11.8 Å². The summed E-state index contributed by atoms with van der Waals surface area (Å²) in [5.74, 6) is 6.19. The van der Waals surface area contributed by atoms with Gasteiger partial charge < -0.3 is 16.3 Å². The van der Waals surface area contributed by atoms with Gasteiger partial charge in [0.15, 0.2) is 5.17 Å². The molecular formula is C10H12N4OS. The van der Waals surface area contributed by atoms with Gasteiger partial charge in [0.2, 0.25) is 0 Å². The van der Waals surface area contributed by atoms with Gasteiger partial charge in [-0.3, -0.25) is 0 Å². The highest BCUT2D eigenvalue weighted by molar-refractivity contribution is 8.13. The van der Waals surface area contributed by atoms with Crippen LogP contribution in [0.15, 0.2) is 23.3 Å². The maximum absolute atomic E-state index is 8.89. The third-order valence-electron chi connectivity index (χ3n) is 1.90. The van der Waals surface area contributed by atoms with Crippen LogP contribution < -0.4 is 16.3 Å². The van der Waals surface area contributed by atoms with Crippen molar-refractivity contribution in [3.05, 3.63) is 29.3 Å². The van der Waals surface area contributed by atoms with E-state index in [4.69, 9.17) is 21.6 Å². The van der Waals surface area contributed by atoms with Gasteiger partial charge in [-0.15, -0.1) is 0 Å². The molecule has 1 aromatic rings. The SMILES string of the molecule is COc1ccc(CSC(N)=NN)cc1C#N. The fraction of sp³-hybridized carbons (Fsp3) is 0.200. The van der Waals surface area contributed by atoms with Crippen LogP contribution in [0.1, 0.15) is 11.1 Å². The first-order valence-electron chi connectivity index (χ1n) is 4.44. The Morgan fingerprint density at radius 2 is 2.38 bits per heavy atom. The summed E-state index contributed by atoms with van der Waals surface area (Å²) in [7, 11) is 1.53. The second-order valence-electron chi connectivity index (χ2n) is 2.90. The van der Waals surface area contributed by atoms with Crippen molar-refractivity contribution in [1.82, 2.24) is 0 Å². The molecule has 0 saturated carbocycles. The van der Waals surface area contributed by atoms with E-state index in [1.54, 1.807) is 12.1 Å². The van der Waals surface area contributed by atoms with Crippen molar-refractivity contribution in [3.63, 3.8) is 0 Å². The number of hydrogen-bond acceptors (Lipinski definition) is 5. The second-order valence-corrected chi connectivity index (χ2v) is 3.90. The minimum Gasteiger partial charge on any atom is -0.495 e. The fourth-order valence-electron chi connectivity index (χ4n) is 1.13. The number of benzene rings is 1. The van der Waals surface area contributed by atoms with Crippen LogP contribution >= 0.6 is 11.8 Å². The van der Waals surface area contributed by atoms with Crippen LogP contribution in [0.3, 0.4) is 0 Å². The number of hydrazone groups is 1. The van der Waals surface area contributed by atoms with Gasteiger partial charge in [-0.05, 0) is 17.7 Å². The molecule has 16 heavy (non-hydrogen) atoms. The summed E-state index contributed by atoms with van der Waals surface area (Å²) in [5.41, 5.74) is 6.92. The molecule has 0 aliphatic rings. The Kier molecular flexibility index (Phi) is 4.48. The van der Waals surface area contributed by atoms with Crippen molar-refractivity contribution in [2.24, 2.45) is 16.7 Å². The summed E-state index contributed by atoms with van der Waals surface area (Å²) in [4.78, 5) is 0. The van der Waals surface area contributed by atoms with E-state index in [1.807, 2.05) is 6.07 Å². The lowest BCUT2D eigenvalue weighted by atomic mass is 10.1. The Balaban J connectivity index is 2.80. The van der Waals surface area contributed by atoms with E-state index < -0.39 is 0 Å². The van der Waals surface area contributed by atoms with E-state index in [0.29, 0.717) is 22.2 Å². The molecular weight excluding hydrogens is 224 g/mol. The van der Waals surface area contributed by atoms with E-state index in [9.17, 15) is 0 Å². The number of nitriles is 1. The van der Waals surface area contributed by atoms with Gasteiger partial charge in [-0.25, -0.2) is 0 Å².